The summed E-state index contributed by atoms with van der Waals surface area (Å²) in [5.74, 6) is -0.0486. The molecule has 3 heteroatoms. The van der Waals surface area contributed by atoms with Crippen LogP contribution in [0.3, 0.4) is 0 Å². The van der Waals surface area contributed by atoms with Gasteiger partial charge in [0.15, 0.2) is 0 Å². The molecule has 72 valence electrons. The van der Waals surface area contributed by atoms with Crippen molar-refractivity contribution in [1.29, 1.82) is 0 Å². The minimum absolute atomic E-state index is 0.0486. The zero-order chi connectivity index (χ0) is 10.1. The van der Waals surface area contributed by atoms with E-state index in [9.17, 15) is 4.79 Å². The van der Waals surface area contributed by atoms with Gasteiger partial charge in [-0.3, -0.25) is 4.79 Å². The number of hydrogen-bond acceptors (Lipinski definition) is 1. The van der Waals surface area contributed by atoms with Crippen LogP contribution in [0.15, 0.2) is 24.4 Å². The van der Waals surface area contributed by atoms with Gasteiger partial charge >= 0.3 is 0 Å². The first-order valence-corrected chi connectivity index (χ1v) is 4.52. The number of H-pyrrole nitrogens is 1. The van der Waals surface area contributed by atoms with E-state index in [1.165, 1.54) is 0 Å². The maximum atomic E-state index is 11.4. The first-order valence-electron chi connectivity index (χ1n) is 4.52. The number of aromatic nitrogens is 1. The maximum Gasteiger partial charge on any atom is 0.251 e. The normalized spacial score (nSPS) is 10.4. The van der Waals surface area contributed by atoms with Gasteiger partial charge < -0.3 is 10.3 Å². The zero-order valence-corrected chi connectivity index (χ0v) is 8.22. The molecule has 0 atom stereocenters. The number of benzene rings is 1. The maximum absolute atomic E-state index is 11.4. The third-order valence-electron chi connectivity index (χ3n) is 2.38. The summed E-state index contributed by atoms with van der Waals surface area (Å²) in [7, 11) is 1.64. The Kier molecular flexibility index (Phi) is 2.00. The second-order valence-electron chi connectivity index (χ2n) is 3.31. The van der Waals surface area contributed by atoms with Gasteiger partial charge in [-0.2, -0.15) is 0 Å². The van der Waals surface area contributed by atoms with Crippen LogP contribution in [-0.4, -0.2) is 17.9 Å². The largest absolute Gasteiger partial charge is 0.361 e. The fourth-order valence-corrected chi connectivity index (χ4v) is 1.55. The molecule has 2 N–H and O–H groups in total. The number of aryl methyl sites for hydroxylation is 1. The van der Waals surface area contributed by atoms with E-state index in [-0.39, 0.29) is 5.91 Å². The van der Waals surface area contributed by atoms with Gasteiger partial charge in [0, 0.05) is 29.7 Å². The number of nitrogens with one attached hydrogen (secondary N) is 2. The van der Waals surface area contributed by atoms with E-state index < -0.39 is 0 Å². The Bertz CT molecular complexity index is 485. The van der Waals surface area contributed by atoms with E-state index in [1.807, 2.05) is 31.3 Å². The van der Waals surface area contributed by atoms with Gasteiger partial charge in [0.25, 0.3) is 5.91 Å². The third kappa shape index (κ3) is 1.27. The Morgan fingerprint density at radius 1 is 1.43 bits per heavy atom. The Morgan fingerprint density at radius 2 is 2.21 bits per heavy atom. The average molecular weight is 188 g/mol. The van der Waals surface area contributed by atoms with Gasteiger partial charge in [-0.25, -0.2) is 0 Å². The van der Waals surface area contributed by atoms with Crippen LogP contribution in [0, 0.1) is 6.92 Å². The minimum Gasteiger partial charge on any atom is -0.361 e. The second kappa shape index (κ2) is 3.18. The SMILES string of the molecule is CNC(=O)c1ccc2[nH]cc(C)c2c1. The molecule has 14 heavy (non-hydrogen) atoms. The molecule has 0 aliphatic heterocycles. The van der Waals surface area contributed by atoms with E-state index >= 15 is 0 Å². The fourth-order valence-electron chi connectivity index (χ4n) is 1.55. The van der Waals surface area contributed by atoms with Gasteiger partial charge in [-0.05, 0) is 30.7 Å². The van der Waals surface area contributed by atoms with Crippen molar-refractivity contribution in [1.82, 2.24) is 10.3 Å². The van der Waals surface area contributed by atoms with Crippen molar-refractivity contribution >= 4 is 16.8 Å². The molecule has 0 bridgehead atoms. The van der Waals surface area contributed by atoms with Crippen molar-refractivity contribution in [2.75, 3.05) is 7.05 Å². The number of aromatic amines is 1. The first kappa shape index (κ1) is 8.81. The van der Waals surface area contributed by atoms with E-state index in [1.54, 1.807) is 7.05 Å². The van der Waals surface area contributed by atoms with Crippen molar-refractivity contribution in [2.45, 2.75) is 6.92 Å². The quantitative estimate of drug-likeness (QED) is 0.704. The molecule has 0 spiro atoms. The lowest BCUT2D eigenvalue weighted by atomic mass is 10.1. The lowest BCUT2D eigenvalue weighted by molar-refractivity contribution is 0.0963. The van der Waals surface area contributed by atoms with Gasteiger partial charge in [0.2, 0.25) is 0 Å². The van der Waals surface area contributed by atoms with Crippen molar-refractivity contribution in [3.05, 3.63) is 35.5 Å². The second-order valence-corrected chi connectivity index (χ2v) is 3.31. The summed E-state index contributed by atoms with van der Waals surface area (Å²) in [6, 6.07) is 5.64. The van der Waals surface area contributed by atoms with Gasteiger partial charge in [0.05, 0.1) is 0 Å². The summed E-state index contributed by atoms with van der Waals surface area (Å²) in [4.78, 5) is 14.5. The van der Waals surface area contributed by atoms with Gasteiger partial charge in [-0.1, -0.05) is 0 Å². The predicted octanol–water partition coefficient (Wildman–Crippen LogP) is 1.84. The van der Waals surface area contributed by atoms with Crippen molar-refractivity contribution in [3.8, 4) is 0 Å². The summed E-state index contributed by atoms with van der Waals surface area (Å²) < 4.78 is 0. The van der Waals surface area contributed by atoms with E-state index in [4.69, 9.17) is 0 Å². The molecule has 0 aliphatic rings. The number of carbonyl (C=O) groups is 1. The molecule has 2 aromatic rings. The first-order chi connectivity index (χ1) is 6.72. The summed E-state index contributed by atoms with van der Waals surface area (Å²) in [5.41, 5.74) is 2.92. The van der Waals surface area contributed by atoms with Crippen molar-refractivity contribution < 1.29 is 4.79 Å². The molecular formula is C11H12N2O. The third-order valence-corrected chi connectivity index (χ3v) is 2.38. The monoisotopic (exact) mass is 188 g/mol. The highest BCUT2D eigenvalue weighted by molar-refractivity contribution is 5.98. The summed E-state index contributed by atoms with van der Waals surface area (Å²) >= 11 is 0. The lowest BCUT2D eigenvalue weighted by Crippen LogP contribution is -2.17. The van der Waals surface area contributed by atoms with Gasteiger partial charge in [0.1, 0.15) is 0 Å². The van der Waals surface area contributed by atoms with Crippen LogP contribution in [0.25, 0.3) is 10.9 Å². The molecule has 3 nitrogen and oxygen atoms in total. The highest BCUT2D eigenvalue weighted by Gasteiger charge is 2.05. The van der Waals surface area contributed by atoms with Crippen LogP contribution >= 0.6 is 0 Å². The summed E-state index contributed by atoms with van der Waals surface area (Å²) in [5, 5.41) is 3.71. The molecule has 0 saturated heterocycles. The minimum atomic E-state index is -0.0486. The molecule has 1 amide bonds. The molecule has 0 unspecified atom stereocenters. The molecule has 0 fully saturated rings. The molecule has 1 aromatic heterocycles. The molecule has 0 saturated carbocycles. The van der Waals surface area contributed by atoms with Gasteiger partial charge in [-0.15, -0.1) is 0 Å². The lowest BCUT2D eigenvalue weighted by Gasteiger charge is -1.99. The van der Waals surface area contributed by atoms with Crippen LogP contribution in [0.4, 0.5) is 0 Å². The standard InChI is InChI=1S/C11H12N2O/c1-7-6-13-10-4-3-8(5-9(7)10)11(14)12-2/h3-6,13H,1-2H3,(H,12,14). The number of carbonyl (C=O) groups excluding carboxylic acids is 1. The van der Waals surface area contributed by atoms with E-state index in [0.29, 0.717) is 5.56 Å². The van der Waals surface area contributed by atoms with E-state index in [2.05, 4.69) is 10.3 Å². The van der Waals surface area contributed by atoms with Crippen LogP contribution in [0.2, 0.25) is 0 Å². The molecule has 0 radical (unpaired) electrons. The summed E-state index contributed by atoms with van der Waals surface area (Å²) in [6.45, 7) is 2.02. The van der Waals surface area contributed by atoms with Crippen LogP contribution in [0.1, 0.15) is 15.9 Å². The Morgan fingerprint density at radius 3 is 2.93 bits per heavy atom. The molecule has 1 aromatic carbocycles. The highest BCUT2D eigenvalue weighted by atomic mass is 16.1. The Labute approximate surface area is 82.1 Å². The Hall–Kier alpha value is -1.77. The van der Waals surface area contributed by atoms with Crippen LogP contribution in [-0.2, 0) is 0 Å². The number of amides is 1. The van der Waals surface area contributed by atoms with Crippen molar-refractivity contribution in [3.63, 3.8) is 0 Å². The highest BCUT2D eigenvalue weighted by Crippen LogP contribution is 2.18. The van der Waals surface area contributed by atoms with Crippen LogP contribution in [0.5, 0.6) is 0 Å². The van der Waals surface area contributed by atoms with Crippen LogP contribution < -0.4 is 5.32 Å². The number of rotatable bonds is 1. The molecule has 0 aliphatic carbocycles. The summed E-state index contributed by atoms with van der Waals surface area (Å²) in [6.07, 6.45) is 1.94. The zero-order valence-electron chi connectivity index (χ0n) is 8.22. The smallest absolute Gasteiger partial charge is 0.251 e. The molecule has 2 rings (SSSR count). The van der Waals surface area contributed by atoms with E-state index in [0.717, 1.165) is 16.5 Å². The average Bonchev–Trinajstić information content (AvgIpc) is 2.59. The Balaban J connectivity index is 2.60. The van der Waals surface area contributed by atoms with Crippen molar-refractivity contribution in [2.24, 2.45) is 0 Å². The molecule has 1 heterocycles. The number of fused-ring (bicyclic) bond motifs is 1. The number of hydrogen-bond donors (Lipinski definition) is 2. The fraction of sp³-hybridized carbons (Fsp3) is 0.182. The topological polar surface area (TPSA) is 44.9 Å². The molecular weight excluding hydrogens is 176 g/mol. The predicted molar refractivity (Wildman–Crippen MR) is 56.4 cm³/mol.